The predicted octanol–water partition coefficient (Wildman–Crippen LogP) is 18.2. The SMILES string of the molecule is CC(C)C.CC(C)C(F)(F)F.CC1CCC(F)(F)CC1.CCC(C)(C)CC(F)(F)F.CCC(C)C.CCC(C)C(F)(F)F.CCCC(C(F)(F)F)C(F)(F)F. The summed E-state index contributed by atoms with van der Waals surface area (Å²) in [6.45, 7) is 26.4. The van der Waals surface area contributed by atoms with Gasteiger partial charge in [0.2, 0.25) is 5.92 Å². The van der Waals surface area contributed by atoms with Gasteiger partial charge in [-0.1, -0.05) is 123 Å². The van der Waals surface area contributed by atoms with Crippen LogP contribution in [0.5, 0.6) is 0 Å². The molecule has 0 amide bonds. The first kappa shape index (κ1) is 65.7. The first-order chi connectivity index (χ1) is 24.0. The van der Waals surface area contributed by atoms with Crippen LogP contribution in [0.1, 0.15) is 168 Å². The molecule has 1 saturated carbocycles. The van der Waals surface area contributed by atoms with E-state index in [1.54, 1.807) is 20.8 Å². The topological polar surface area (TPSA) is 0 Å². The smallest absolute Gasteiger partial charge is 0.207 e. The zero-order valence-corrected chi connectivity index (χ0v) is 35.5. The van der Waals surface area contributed by atoms with Gasteiger partial charge in [-0.05, 0) is 48.9 Å². The molecule has 1 unspecified atom stereocenters. The van der Waals surface area contributed by atoms with E-state index >= 15 is 0 Å². The van der Waals surface area contributed by atoms with Gasteiger partial charge in [0.15, 0.2) is 5.92 Å². The fourth-order valence-corrected chi connectivity index (χ4v) is 2.89. The third-order valence-corrected chi connectivity index (χ3v) is 7.65. The van der Waals surface area contributed by atoms with E-state index in [1.165, 1.54) is 27.2 Å². The minimum absolute atomic E-state index is 0.105. The van der Waals surface area contributed by atoms with E-state index in [0.29, 0.717) is 25.2 Å². The Hall–Kier alpha value is -1.19. The highest BCUT2D eigenvalue weighted by molar-refractivity contribution is 4.75. The molecule has 1 atom stereocenters. The van der Waals surface area contributed by atoms with Gasteiger partial charge < -0.3 is 0 Å². The highest BCUT2D eigenvalue weighted by Gasteiger charge is 2.55. The quantitative estimate of drug-likeness (QED) is 0.234. The molecule has 1 aliphatic carbocycles. The van der Waals surface area contributed by atoms with Crippen LogP contribution in [0, 0.1) is 40.9 Å². The Balaban J connectivity index is -0.000000130. The third kappa shape index (κ3) is 52.8. The van der Waals surface area contributed by atoms with Gasteiger partial charge in [-0.25, -0.2) is 8.78 Å². The summed E-state index contributed by atoms with van der Waals surface area (Å²) < 4.78 is 198. The number of alkyl halides is 17. The van der Waals surface area contributed by atoms with Crippen molar-refractivity contribution in [1.29, 1.82) is 0 Å². The average Bonchev–Trinajstić information content (AvgIpc) is 2.95. The van der Waals surface area contributed by atoms with E-state index in [2.05, 4.69) is 41.5 Å². The zero-order valence-electron chi connectivity index (χ0n) is 35.5. The van der Waals surface area contributed by atoms with Crippen LogP contribution in [-0.2, 0) is 0 Å². The molecule has 17 heteroatoms. The average molecular weight is 851 g/mol. The minimum atomic E-state index is -5.17. The summed E-state index contributed by atoms with van der Waals surface area (Å²) in [7, 11) is 0. The van der Waals surface area contributed by atoms with Gasteiger partial charge in [-0.15, -0.1) is 0 Å². The van der Waals surface area contributed by atoms with Crippen molar-refractivity contribution in [2.24, 2.45) is 40.9 Å². The molecule has 0 N–H and O–H groups in total. The second kappa shape index (κ2) is 29.9. The number of halogens is 17. The van der Waals surface area contributed by atoms with Crippen LogP contribution in [0.2, 0.25) is 0 Å². The van der Waals surface area contributed by atoms with Crippen LogP contribution >= 0.6 is 0 Å². The Morgan fingerprint density at radius 3 is 0.964 bits per heavy atom. The molecule has 1 fully saturated rings. The summed E-state index contributed by atoms with van der Waals surface area (Å²) in [5.41, 5.74) is -0.599. The highest BCUT2D eigenvalue weighted by Crippen LogP contribution is 2.42. The van der Waals surface area contributed by atoms with Crippen molar-refractivity contribution in [3.05, 3.63) is 0 Å². The Bertz CT molecular complexity index is 819. The molecule has 1 aliphatic rings. The molecular weight excluding hydrogens is 779 g/mol. The Morgan fingerprint density at radius 1 is 0.564 bits per heavy atom. The monoisotopic (exact) mass is 851 g/mol. The van der Waals surface area contributed by atoms with Crippen molar-refractivity contribution < 1.29 is 74.6 Å². The first-order valence-corrected chi connectivity index (χ1v) is 18.7. The lowest BCUT2D eigenvalue weighted by Crippen LogP contribution is -2.36. The molecule has 0 aromatic heterocycles. The van der Waals surface area contributed by atoms with Gasteiger partial charge in [0.1, 0.15) is 0 Å². The molecule has 0 radical (unpaired) electrons. The number of hydrogen-bond donors (Lipinski definition) is 0. The molecule has 0 aliphatic heterocycles. The third-order valence-electron chi connectivity index (χ3n) is 7.65. The zero-order chi connectivity index (χ0) is 46.0. The van der Waals surface area contributed by atoms with Crippen LogP contribution in [-0.4, -0.2) is 36.8 Å². The van der Waals surface area contributed by atoms with Crippen molar-refractivity contribution in [2.75, 3.05) is 0 Å². The van der Waals surface area contributed by atoms with Gasteiger partial charge in [-0.2, -0.15) is 65.9 Å². The van der Waals surface area contributed by atoms with Crippen LogP contribution in [0.3, 0.4) is 0 Å². The highest BCUT2D eigenvalue weighted by atomic mass is 19.4. The Morgan fingerprint density at radius 2 is 0.873 bits per heavy atom. The van der Waals surface area contributed by atoms with Gasteiger partial charge >= 0.3 is 30.9 Å². The van der Waals surface area contributed by atoms with Crippen LogP contribution in [0.4, 0.5) is 74.6 Å². The maximum absolute atomic E-state index is 12.4. The second-order valence-corrected chi connectivity index (χ2v) is 15.9. The summed E-state index contributed by atoms with van der Waals surface area (Å²) in [5, 5.41) is 0. The molecule has 342 valence electrons. The Kier molecular flexibility index (Phi) is 35.7. The van der Waals surface area contributed by atoms with Crippen molar-refractivity contribution >= 4 is 0 Å². The van der Waals surface area contributed by atoms with Gasteiger partial charge in [0.25, 0.3) is 0 Å². The van der Waals surface area contributed by atoms with Crippen LogP contribution in [0.15, 0.2) is 0 Å². The first-order valence-electron chi connectivity index (χ1n) is 18.7. The van der Waals surface area contributed by atoms with Crippen molar-refractivity contribution in [3.63, 3.8) is 0 Å². The van der Waals surface area contributed by atoms with Crippen molar-refractivity contribution in [2.45, 2.75) is 205 Å². The molecule has 0 heterocycles. The predicted molar refractivity (Wildman–Crippen MR) is 190 cm³/mol. The standard InChI is InChI=1S/C7H13F3.C7H12F2.C6H8F6.C5H9F3.C5H12.C4H7F3.C4H10/c1-4-6(2,3)5-7(8,9)10;1-6-2-4-7(8,9)5-3-6;1-2-3-4(5(7,8)9)6(10,11)12;1-3-4(2)5(6,7)8;1-4-5(2)3;1-3(2)4(5,6)7;1-4(2)3/h4-5H2,1-3H3;6H,2-5H2,1H3;4H,2-3H2,1H3;4H,3H2,1-2H3;5H,4H2,1-3H3;3H,1-2H3;4H,1-3H3. The van der Waals surface area contributed by atoms with E-state index in [0.717, 1.165) is 25.7 Å². The molecule has 0 spiro atoms. The normalized spacial score (nSPS) is 15.7. The molecule has 0 aromatic rings. The largest absolute Gasteiger partial charge is 0.400 e. The lowest BCUT2D eigenvalue weighted by molar-refractivity contribution is -0.285. The summed E-state index contributed by atoms with van der Waals surface area (Å²) >= 11 is 0. The fourth-order valence-electron chi connectivity index (χ4n) is 2.89. The van der Waals surface area contributed by atoms with Crippen LogP contribution in [0.25, 0.3) is 0 Å². The van der Waals surface area contributed by atoms with E-state index in [1.807, 2.05) is 6.92 Å². The van der Waals surface area contributed by atoms with Crippen molar-refractivity contribution in [3.8, 4) is 0 Å². The molecule has 0 aromatic carbocycles. The lowest BCUT2D eigenvalue weighted by atomic mass is 9.86. The molecular formula is C38H71F17. The maximum atomic E-state index is 12.4. The van der Waals surface area contributed by atoms with E-state index < -0.39 is 72.8 Å². The van der Waals surface area contributed by atoms with Gasteiger partial charge in [-0.3, -0.25) is 0 Å². The molecule has 1 rings (SSSR count). The fraction of sp³-hybridized carbons (Fsp3) is 1.00. The summed E-state index contributed by atoms with van der Waals surface area (Å²) in [4.78, 5) is 0. The second-order valence-electron chi connectivity index (χ2n) is 15.9. The Labute approximate surface area is 320 Å². The van der Waals surface area contributed by atoms with Gasteiger partial charge in [0, 0.05) is 25.2 Å². The molecule has 0 bridgehead atoms. The van der Waals surface area contributed by atoms with Crippen molar-refractivity contribution in [1.82, 2.24) is 0 Å². The molecule has 0 saturated heterocycles. The summed E-state index contributed by atoms with van der Waals surface area (Å²) in [6.07, 6.45) is -20.4. The van der Waals surface area contributed by atoms with E-state index in [9.17, 15) is 74.6 Å². The van der Waals surface area contributed by atoms with Crippen LogP contribution < -0.4 is 0 Å². The summed E-state index contributed by atoms with van der Waals surface area (Å²) in [5.74, 6) is -5.63. The minimum Gasteiger partial charge on any atom is -0.207 e. The van der Waals surface area contributed by atoms with E-state index in [-0.39, 0.29) is 25.7 Å². The molecule has 0 nitrogen and oxygen atoms in total. The van der Waals surface area contributed by atoms with Gasteiger partial charge in [0.05, 0.1) is 5.92 Å². The summed E-state index contributed by atoms with van der Waals surface area (Å²) in [6, 6.07) is 0. The molecule has 55 heavy (non-hydrogen) atoms. The maximum Gasteiger partial charge on any atom is 0.400 e. The van der Waals surface area contributed by atoms with E-state index in [4.69, 9.17) is 0 Å². The lowest BCUT2D eigenvalue weighted by Gasteiger charge is -2.25. The number of hydrogen-bond acceptors (Lipinski definition) is 0. The number of rotatable bonds is 6.